The Hall–Kier alpha value is -2.82. The minimum absolute atomic E-state index is 0.000140. The van der Waals surface area contributed by atoms with Crippen LogP contribution >= 0.6 is 0 Å². The van der Waals surface area contributed by atoms with Crippen molar-refractivity contribution < 1.29 is 9.47 Å². The minimum Gasteiger partial charge on any atom is -0.493 e. The average molecular weight is 417 g/mol. The third-order valence-corrected chi connectivity index (χ3v) is 5.93. The van der Waals surface area contributed by atoms with Crippen LogP contribution in [0.5, 0.6) is 11.5 Å². The summed E-state index contributed by atoms with van der Waals surface area (Å²) in [5.41, 5.74) is 2.60. The molecule has 0 radical (unpaired) electrons. The van der Waals surface area contributed by atoms with Gasteiger partial charge >= 0.3 is 0 Å². The second-order valence-corrected chi connectivity index (χ2v) is 8.06. The van der Waals surface area contributed by atoms with E-state index in [0.29, 0.717) is 0 Å². The van der Waals surface area contributed by atoms with Crippen LogP contribution in [0.2, 0.25) is 0 Å². The monoisotopic (exact) mass is 416 g/mol. The zero-order valence-electron chi connectivity index (χ0n) is 18.3. The summed E-state index contributed by atoms with van der Waals surface area (Å²) in [5, 5.41) is 0. The van der Waals surface area contributed by atoms with Crippen LogP contribution in [0.15, 0.2) is 84.9 Å². The Balaban J connectivity index is 1.34. The SMILES string of the molecule is COc1ccccc1O[C@H](CCN1CCN(Cc2ccccc2)CC1)c1ccccc1. The maximum absolute atomic E-state index is 6.45. The van der Waals surface area contributed by atoms with Crippen LogP contribution in [0.25, 0.3) is 0 Å². The van der Waals surface area contributed by atoms with E-state index >= 15 is 0 Å². The maximum Gasteiger partial charge on any atom is 0.162 e. The Labute approximate surface area is 186 Å². The topological polar surface area (TPSA) is 24.9 Å². The van der Waals surface area contributed by atoms with Gasteiger partial charge in [-0.2, -0.15) is 0 Å². The number of rotatable bonds is 9. The second kappa shape index (κ2) is 11.0. The molecule has 1 saturated heterocycles. The van der Waals surface area contributed by atoms with Gasteiger partial charge in [0.15, 0.2) is 11.5 Å². The summed E-state index contributed by atoms with van der Waals surface area (Å²) in [5.74, 6) is 1.57. The van der Waals surface area contributed by atoms with E-state index in [2.05, 4.69) is 70.5 Å². The number of ether oxygens (including phenoxy) is 2. The molecule has 1 atom stereocenters. The fourth-order valence-electron chi connectivity index (χ4n) is 4.14. The number of piperazine rings is 1. The standard InChI is InChI=1S/C27H32N2O2/c1-30-26-14-8-9-15-27(26)31-25(24-12-6-3-7-13-24)16-17-28-18-20-29(21-19-28)22-23-10-4-2-5-11-23/h2-15,25H,16-22H2,1H3/t25-/m1/s1. The lowest BCUT2D eigenvalue weighted by Gasteiger charge is -2.35. The van der Waals surface area contributed by atoms with Crippen molar-refractivity contribution in [2.75, 3.05) is 39.8 Å². The molecule has 4 heteroatoms. The van der Waals surface area contributed by atoms with Gasteiger partial charge in [-0.1, -0.05) is 72.8 Å². The van der Waals surface area contributed by atoms with Crippen molar-refractivity contribution in [1.29, 1.82) is 0 Å². The number of hydrogen-bond donors (Lipinski definition) is 0. The zero-order valence-corrected chi connectivity index (χ0v) is 18.3. The van der Waals surface area contributed by atoms with E-state index in [0.717, 1.165) is 57.2 Å². The number of methoxy groups -OCH3 is 1. The molecule has 0 saturated carbocycles. The Morgan fingerprint density at radius 3 is 1.97 bits per heavy atom. The molecule has 0 aliphatic carbocycles. The van der Waals surface area contributed by atoms with Gasteiger partial charge in [0.2, 0.25) is 0 Å². The van der Waals surface area contributed by atoms with Gasteiger partial charge in [0.05, 0.1) is 7.11 Å². The van der Waals surface area contributed by atoms with Crippen molar-refractivity contribution in [2.24, 2.45) is 0 Å². The maximum atomic E-state index is 6.45. The fraction of sp³-hybridized carbons (Fsp3) is 0.333. The largest absolute Gasteiger partial charge is 0.493 e. The first-order valence-corrected chi connectivity index (χ1v) is 11.1. The van der Waals surface area contributed by atoms with Gasteiger partial charge in [-0.3, -0.25) is 4.90 Å². The molecular weight excluding hydrogens is 384 g/mol. The van der Waals surface area contributed by atoms with Crippen molar-refractivity contribution in [2.45, 2.75) is 19.1 Å². The molecular formula is C27H32N2O2. The van der Waals surface area contributed by atoms with Crippen molar-refractivity contribution in [3.8, 4) is 11.5 Å². The van der Waals surface area contributed by atoms with Gasteiger partial charge in [0.1, 0.15) is 6.10 Å². The average Bonchev–Trinajstić information content (AvgIpc) is 2.84. The first kappa shape index (κ1) is 21.4. The molecule has 3 aromatic carbocycles. The third kappa shape index (κ3) is 6.09. The molecule has 1 aliphatic rings. The van der Waals surface area contributed by atoms with E-state index in [-0.39, 0.29) is 6.10 Å². The molecule has 3 aromatic rings. The summed E-state index contributed by atoms with van der Waals surface area (Å²) < 4.78 is 11.9. The van der Waals surface area contributed by atoms with E-state index in [9.17, 15) is 0 Å². The Kier molecular flexibility index (Phi) is 7.59. The summed E-state index contributed by atoms with van der Waals surface area (Å²) in [6.07, 6.45) is 0.945. The summed E-state index contributed by atoms with van der Waals surface area (Å²) in [6.45, 7) is 6.48. The van der Waals surface area contributed by atoms with Crippen LogP contribution in [0.4, 0.5) is 0 Å². The van der Waals surface area contributed by atoms with Crippen LogP contribution in [0.3, 0.4) is 0 Å². The van der Waals surface area contributed by atoms with Crippen molar-refractivity contribution in [3.63, 3.8) is 0 Å². The lowest BCUT2D eigenvalue weighted by molar-refractivity contribution is 0.106. The zero-order chi connectivity index (χ0) is 21.3. The number of para-hydroxylation sites is 2. The van der Waals surface area contributed by atoms with E-state index in [1.807, 2.05) is 24.3 Å². The molecule has 0 N–H and O–H groups in total. The molecule has 4 nitrogen and oxygen atoms in total. The highest BCUT2D eigenvalue weighted by atomic mass is 16.5. The normalized spacial score (nSPS) is 16.0. The van der Waals surface area contributed by atoms with Crippen LogP contribution in [0, 0.1) is 0 Å². The van der Waals surface area contributed by atoms with Crippen molar-refractivity contribution in [3.05, 3.63) is 96.1 Å². The molecule has 0 aromatic heterocycles. The highest BCUT2D eigenvalue weighted by Gasteiger charge is 2.20. The van der Waals surface area contributed by atoms with E-state index < -0.39 is 0 Å². The molecule has 4 rings (SSSR count). The fourth-order valence-corrected chi connectivity index (χ4v) is 4.14. The molecule has 0 spiro atoms. The van der Waals surface area contributed by atoms with Gasteiger partial charge in [-0.05, 0) is 23.3 Å². The van der Waals surface area contributed by atoms with Gasteiger partial charge in [-0.15, -0.1) is 0 Å². The lowest BCUT2D eigenvalue weighted by Crippen LogP contribution is -2.46. The molecule has 31 heavy (non-hydrogen) atoms. The predicted octanol–water partition coefficient (Wildman–Crippen LogP) is 5.02. The minimum atomic E-state index is -0.000140. The van der Waals surface area contributed by atoms with Crippen LogP contribution in [0.1, 0.15) is 23.7 Å². The molecule has 0 bridgehead atoms. The van der Waals surface area contributed by atoms with E-state index in [1.54, 1.807) is 7.11 Å². The van der Waals surface area contributed by atoms with Gasteiger partial charge in [0.25, 0.3) is 0 Å². The van der Waals surface area contributed by atoms with Crippen LogP contribution in [-0.4, -0.2) is 49.6 Å². The van der Waals surface area contributed by atoms with E-state index in [4.69, 9.17) is 9.47 Å². The number of nitrogens with zero attached hydrogens (tertiary/aromatic N) is 2. The molecule has 162 valence electrons. The van der Waals surface area contributed by atoms with Crippen molar-refractivity contribution >= 4 is 0 Å². The smallest absolute Gasteiger partial charge is 0.162 e. The Morgan fingerprint density at radius 2 is 1.29 bits per heavy atom. The van der Waals surface area contributed by atoms with Gasteiger partial charge < -0.3 is 14.4 Å². The lowest BCUT2D eigenvalue weighted by atomic mass is 10.1. The first-order chi connectivity index (χ1) is 15.3. The predicted molar refractivity (Wildman–Crippen MR) is 126 cm³/mol. The highest BCUT2D eigenvalue weighted by molar-refractivity contribution is 5.40. The quantitative estimate of drug-likeness (QED) is 0.489. The van der Waals surface area contributed by atoms with Crippen molar-refractivity contribution in [1.82, 2.24) is 9.80 Å². The Morgan fingerprint density at radius 1 is 0.710 bits per heavy atom. The molecule has 0 unspecified atom stereocenters. The third-order valence-electron chi connectivity index (χ3n) is 5.93. The first-order valence-electron chi connectivity index (χ1n) is 11.1. The van der Waals surface area contributed by atoms with E-state index in [1.165, 1.54) is 11.1 Å². The molecule has 0 amide bonds. The molecule has 1 aliphatic heterocycles. The molecule has 1 heterocycles. The Bertz CT molecular complexity index is 909. The summed E-state index contributed by atoms with van der Waals surface area (Å²) >= 11 is 0. The van der Waals surface area contributed by atoms with Crippen LogP contribution < -0.4 is 9.47 Å². The number of benzene rings is 3. The van der Waals surface area contributed by atoms with Gasteiger partial charge in [0, 0.05) is 45.7 Å². The highest BCUT2D eigenvalue weighted by Crippen LogP contribution is 2.32. The molecule has 1 fully saturated rings. The van der Waals surface area contributed by atoms with Gasteiger partial charge in [-0.25, -0.2) is 0 Å². The van der Waals surface area contributed by atoms with Crippen LogP contribution in [-0.2, 0) is 6.54 Å². The summed E-state index contributed by atoms with van der Waals surface area (Å²) in [6, 6.07) is 29.2. The summed E-state index contributed by atoms with van der Waals surface area (Å²) in [7, 11) is 1.69. The number of hydrogen-bond acceptors (Lipinski definition) is 4. The summed E-state index contributed by atoms with van der Waals surface area (Å²) in [4.78, 5) is 5.11. The second-order valence-electron chi connectivity index (χ2n) is 8.06.